The van der Waals surface area contributed by atoms with E-state index in [1.807, 2.05) is 0 Å². The summed E-state index contributed by atoms with van der Waals surface area (Å²) >= 11 is 0. The lowest BCUT2D eigenvalue weighted by Gasteiger charge is -2.21. The van der Waals surface area contributed by atoms with Crippen molar-refractivity contribution >= 4 is 36.6 Å². The van der Waals surface area contributed by atoms with E-state index >= 15 is 0 Å². The Balaban J connectivity index is 1.84. The van der Waals surface area contributed by atoms with Crippen molar-refractivity contribution in [2.45, 2.75) is 16.2 Å². The zero-order valence-corrected chi connectivity index (χ0v) is 16.4. The number of pyridine rings is 1. The molecule has 0 saturated carbocycles. The molecule has 0 radical (unpaired) electrons. The van der Waals surface area contributed by atoms with Crippen LogP contribution in [0.5, 0.6) is 0 Å². The van der Waals surface area contributed by atoms with E-state index in [0.29, 0.717) is 17.7 Å². The van der Waals surface area contributed by atoms with Crippen LogP contribution in [-0.4, -0.2) is 35.4 Å². The topological polar surface area (TPSA) is 96.4 Å². The van der Waals surface area contributed by atoms with E-state index in [2.05, 4.69) is 9.71 Å². The maximum atomic E-state index is 14.0. The van der Waals surface area contributed by atoms with E-state index < -0.39 is 25.9 Å². The lowest BCUT2D eigenvalue weighted by Crippen LogP contribution is -2.29. The number of rotatable bonds is 4. The highest BCUT2D eigenvalue weighted by molar-refractivity contribution is 7.93. The van der Waals surface area contributed by atoms with E-state index in [-0.39, 0.29) is 27.2 Å². The number of hydrogen-bond acceptors (Lipinski definition) is 5. The number of benzene rings is 2. The third-order valence-electron chi connectivity index (χ3n) is 4.73. The summed E-state index contributed by atoms with van der Waals surface area (Å²) in [6, 6.07) is 9.69. The Morgan fingerprint density at radius 1 is 1.11 bits per heavy atom. The van der Waals surface area contributed by atoms with E-state index in [1.54, 1.807) is 6.07 Å². The fraction of sp³-hybridized carbons (Fsp3) is 0.167. The lowest BCUT2D eigenvalue weighted by molar-refractivity contribution is 0.587. The molecule has 1 aromatic heterocycles. The summed E-state index contributed by atoms with van der Waals surface area (Å²) in [6.45, 7) is 0.167. The summed E-state index contributed by atoms with van der Waals surface area (Å²) in [7, 11) is -6.30. The standard InChI is InChI=1S/C18H16FN3O4S2/c1-20-27(23,24)13-4-6-16-12(11-13)8-10-22(16)28(25,26)17-7-5-15(19)18-14(17)3-2-9-21-18/h2-7,9,11,20H,8,10H2,1H3. The molecule has 2 aromatic carbocycles. The minimum absolute atomic E-state index is 0.0153. The monoisotopic (exact) mass is 421 g/mol. The van der Waals surface area contributed by atoms with Crippen LogP contribution < -0.4 is 9.03 Å². The van der Waals surface area contributed by atoms with E-state index in [0.717, 1.165) is 6.07 Å². The van der Waals surface area contributed by atoms with E-state index in [9.17, 15) is 21.2 Å². The number of nitrogens with one attached hydrogen (secondary N) is 1. The third-order valence-corrected chi connectivity index (χ3v) is 8.01. The highest BCUT2D eigenvalue weighted by Crippen LogP contribution is 2.36. The molecule has 4 rings (SSSR count). The van der Waals surface area contributed by atoms with Crippen molar-refractivity contribution in [1.29, 1.82) is 0 Å². The first-order valence-corrected chi connectivity index (χ1v) is 11.3. The number of aromatic nitrogens is 1. The Morgan fingerprint density at radius 3 is 2.64 bits per heavy atom. The van der Waals surface area contributed by atoms with Crippen LogP contribution in [0.2, 0.25) is 0 Å². The maximum Gasteiger partial charge on any atom is 0.265 e. The van der Waals surface area contributed by atoms with Crippen molar-refractivity contribution in [1.82, 2.24) is 9.71 Å². The van der Waals surface area contributed by atoms with Gasteiger partial charge in [-0.05, 0) is 61.5 Å². The molecule has 0 spiro atoms. The molecule has 0 atom stereocenters. The van der Waals surface area contributed by atoms with Crippen LogP contribution in [0.25, 0.3) is 10.9 Å². The molecule has 28 heavy (non-hydrogen) atoms. The van der Waals surface area contributed by atoms with Crippen molar-refractivity contribution in [2.24, 2.45) is 0 Å². The summed E-state index contributed by atoms with van der Waals surface area (Å²) in [5.41, 5.74) is 1.01. The second-order valence-corrected chi connectivity index (χ2v) is 9.99. The number of fused-ring (bicyclic) bond motifs is 2. The summed E-state index contributed by atoms with van der Waals surface area (Å²) < 4.78 is 68.1. The number of anilines is 1. The van der Waals surface area contributed by atoms with Gasteiger partial charge in [0.25, 0.3) is 10.0 Å². The molecule has 3 aromatic rings. The van der Waals surface area contributed by atoms with Crippen LogP contribution in [0.4, 0.5) is 10.1 Å². The van der Waals surface area contributed by atoms with Crippen LogP contribution >= 0.6 is 0 Å². The minimum atomic E-state index is -3.99. The number of hydrogen-bond donors (Lipinski definition) is 1. The van der Waals surface area contributed by atoms with Crippen molar-refractivity contribution < 1.29 is 21.2 Å². The van der Waals surface area contributed by atoms with Gasteiger partial charge in [0, 0.05) is 18.1 Å². The normalized spacial score (nSPS) is 14.4. The summed E-state index contributed by atoms with van der Waals surface area (Å²) in [6.07, 6.45) is 1.77. The molecule has 0 amide bonds. The Kier molecular flexibility index (Phi) is 4.36. The van der Waals surface area contributed by atoms with Crippen LogP contribution in [0.1, 0.15) is 5.56 Å². The molecule has 10 heteroatoms. The average Bonchev–Trinajstić information content (AvgIpc) is 3.12. The van der Waals surface area contributed by atoms with Crippen molar-refractivity contribution in [2.75, 3.05) is 17.9 Å². The molecule has 0 saturated heterocycles. The number of nitrogens with zero attached hydrogens (tertiary/aromatic N) is 2. The second kappa shape index (κ2) is 6.50. The van der Waals surface area contributed by atoms with Gasteiger partial charge in [0.15, 0.2) is 0 Å². The van der Waals surface area contributed by atoms with Gasteiger partial charge in [-0.25, -0.2) is 25.9 Å². The molecular formula is C18H16FN3O4S2. The van der Waals surface area contributed by atoms with Gasteiger partial charge in [0.1, 0.15) is 11.3 Å². The Hall–Kier alpha value is -2.56. The van der Waals surface area contributed by atoms with Gasteiger partial charge >= 0.3 is 0 Å². The third kappa shape index (κ3) is 2.84. The number of halogens is 1. The van der Waals surface area contributed by atoms with E-state index in [1.165, 1.54) is 47.9 Å². The molecule has 0 bridgehead atoms. The highest BCUT2D eigenvalue weighted by atomic mass is 32.2. The van der Waals surface area contributed by atoms with Crippen molar-refractivity contribution in [3.05, 3.63) is 60.0 Å². The molecule has 1 aliphatic rings. The second-order valence-electron chi connectivity index (χ2n) is 6.27. The highest BCUT2D eigenvalue weighted by Gasteiger charge is 2.33. The van der Waals surface area contributed by atoms with E-state index in [4.69, 9.17) is 0 Å². The quantitative estimate of drug-likeness (QED) is 0.695. The van der Waals surface area contributed by atoms with Crippen LogP contribution in [0.3, 0.4) is 0 Å². The van der Waals surface area contributed by atoms with Crippen molar-refractivity contribution in [3.63, 3.8) is 0 Å². The molecule has 146 valence electrons. The molecule has 2 heterocycles. The molecule has 0 aliphatic carbocycles. The first-order valence-electron chi connectivity index (χ1n) is 8.38. The van der Waals surface area contributed by atoms with Gasteiger partial charge in [-0.2, -0.15) is 0 Å². The maximum absolute atomic E-state index is 14.0. The smallest absolute Gasteiger partial charge is 0.265 e. The molecular weight excluding hydrogens is 405 g/mol. The molecule has 1 aliphatic heterocycles. The summed E-state index contributed by atoms with van der Waals surface area (Å²) in [5.74, 6) is -0.599. The van der Waals surface area contributed by atoms with Gasteiger partial charge < -0.3 is 0 Å². The fourth-order valence-corrected chi connectivity index (χ4v) is 5.81. The van der Waals surface area contributed by atoms with Crippen LogP contribution in [0, 0.1) is 5.82 Å². The Morgan fingerprint density at radius 2 is 1.89 bits per heavy atom. The molecule has 0 unspecified atom stereocenters. The van der Waals surface area contributed by atoms with Crippen LogP contribution in [-0.2, 0) is 26.5 Å². The molecule has 0 fully saturated rings. The first kappa shape index (κ1) is 18.8. The number of sulfonamides is 2. The largest absolute Gasteiger partial charge is 0.266 e. The summed E-state index contributed by atoms with van der Waals surface area (Å²) in [5, 5.41) is 0.199. The SMILES string of the molecule is CNS(=O)(=O)c1ccc2c(c1)CCN2S(=O)(=O)c1ccc(F)c2ncccc12. The fourth-order valence-electron chi connectivity index (χ4n) is 3.34. The van der Waals surface area contributed by atoms with Gasteiger partial charge in [0.05, 0.1) is 15.5 Å². The predicted molar refractivity (Wildman–Crippen MR) is 103 cm³/mol. The van der Waals surface area contributed by atoms with Crippen molar-refractivity contribution in [3.8, 4) is 0 Å². The minimum Gasteiger partial charge on any atom is -0.266 e. The molecule has 1 N–H and O–H groups in total. The van der Waals surface area contributed by atoms with Gasteiger partial charge in [-0.1, -0.05) is 0 Å². The van der Waals surface area contributed by atoms with Gasteiger partial charge in [-0.3, -0.25) is 9.29 Å². The Bertz CT molecular complexity index is 1310. The van der Waals surface area contributed by atoms with Gasteiger partial charge in [0.2, 0.25) is 10.0 Å². The summed E-state index contributed by atoms with van der Waals surface area (Å²) in [4.78, 5) is 3.97. The average molecular weight is 421 g/mol. The molecule has 7 nitrogen and oxygen atoms in total. The zero-order valence-electron chi connectivity index (χ0n) is 14.8. The zero-order chi connectivity index (χ0) is 20.1. The predicted octanol–water partition coefficient (Wildman–Crippen LogP) is 2.03. The van der Waals surface area contributed by atoms with Crippen LogP contribution in [0.15, 0.2) is 58.5 Å². The first-order chi connectivity index (χ1) is 13.3. The Labute approximate surface area is 161 Å². The van der Waals surface area contributed by atoms with Gasteiger partial charge in [-0.15, -0.1) is 0 Å². The lowest BCUT2D eigenvalue weighted by atomic mass is 10.2.